The molecule has 22 heavy (non-hydrogen) atoms. The number of anilines is 1. The first-order valence-corrected chi connectivity index (χ1v) is 7.75. The van der Waals surface area contributed by atoms with Gasteiger partial charge in [-0.05, 0) is 50.9 Å². The third-order valence-electron chi connectivity index (χ3n) is 3.68. The van der Waals surface area contributed by atoms with Crippen LogP contribution < -0.4 is 15.8 Å². The molecule has 1 aromatic carbocycles. The van der Waals surface area contributed by atoms with Crippen LogP contribution in [-0.2, 0) is 0 Å². The first-order valence-electron chi connectivity index (χ1n) is 7.75. The fourth-order valence-electron chi connectivity index (χ4n) is 2.56. The second-order valence-electron chi connectivity index (χ2n) is 5.45. The van der Waals surface area contributed by atoms with Crippen LogP contribution in [0.1, 0.15) is 32.3 Å². The average Bonchev–Trinajstić information content (AvgIpc) is 2.53. The number of allylic oxidation sites excluding steroid dienone is 1. The summed E-state index contributed by atoms with van der Waals surface area (Å²) in [6.07, 6.45) is 8.01. The van der Waals surface area contributed by atoms with Crippen molar-refractivity contribution in [2.75, 3.05) is 19.0 Å². The van der Waals surface area contributed by atoms with E-state index in [9.17, 15) is 0 Å². The lowest BCUT2D eigenvalue weighted by Gasteiger charge is -2.17. The topological polar surface area (TPSA) is 60.2 Å². The molecule has 1 heterocycles. The van der Waals surface area contributed by atoms with Gasteiger partial charge in [0.2, 0.25) is 0 Å². The molecule has 0 amide bonds. The van der Waals surface area contributed by atoms with Gasteiger partial charge in [-0.15, -0.1) is 0 Å². The monoisotopic (exact) mass is 299 g/mol. The standard InChI is InChI=1S/C18H25N3O/c1-4-6-14-8-10-20-18-16(14)11-15(22-3)12-17(18)21-13(2)7-5-9-19/h4,6,8,10-13,21H,5,7,9,19H2,1-3H3/b6-4+. The molecule has 0 aliphatic carbocycles. The molecule has 0 radical (unpaired) electrons. The van der Waals surface area contributed by atoms with Crippen molar-refractivity contribution in [1.29, 1.82) is 0 Å². The Bertz CT molecular complexity index is 652. The number of fused-ring (bicyclic) bond motifs is 1. The van der Waals surface area contributed by atoms with E-state index in [0.717, 1.165) is 40.7 Å². The van der Waals surface area contributed by atoms with E-state index in [0.29, 0.717) is 12.6 Å². The minimum absolute atomic E-state index is 0.339. The molecule has 0 saturated heterocycles. The van der Waals surface area contributed by atoms with Crippen LogP contribution in [0.25, 0.3) is 17.0 Å². The highest BCUT2D eigenvalue weighted by atomic mass is 16.5. The maximum Gasteiger partial charge on any atom is 0.121 e. The molecule has 1 aromatic heterocycles. The third-order valence-corrected chi connectivity index (χ3v) is 3.68. The molecule has 0 bridgehead atoms. The van der Waals surface area contributed by atoms with E-state index >= 15 is 0 Å². The summed E-state index contributed by atoms with van der Waals surface area (Å²) in [5.41, 5.74) is 8.71. The van der Waals surface area contributed by atoms with E-state index in [-0.39, 0.29) is 0 Å². The van der Waals surface area contributed by atoms with Crippen molar-refractivity contribution in [3.8, 4) is 5.75 Å². The van der Waals surface area contributed by atoms with Crippen LogP contribution in [0.15, 0.2) is 30.5 Å². The summed E-state index contributed by atoms with van der Waals surface area (Å²) in [7, 11) is 1.69. The molecule has 1 atom stereocenters. The summed E-state index contributed by atoms with van der Waals surface area (Å²) in [4.78, 5) is 4.56. The number of nitrogens with one attached hydrogen (secondary N) is 1. The summed E-state index contributed by atoms with van der Waals surface area (Å²) in [5, 5.41) is 4.63. The van der Waals surface area contributed by atoms with Gasteiger partial charge >= 0.3 is 0 Å². The maximum absolute atomic E-state index is 5.59. The zero-order chi connectivity index (χ0) is 15.9. The second kappa shape index (κ2) is 7.80. The number of ether oxygens (including phenoxy) is 1. The van der Waals surface area contributed by atoms with Crippen LogP contribution in [0.2, 0.25) is 0 Å². The largest absolute Gasteiger partial charge is 0.497 e. The second-order valence-corrected chi connectivity index (χ2v) is 5.45. The molecule has 1 unspecified atom stereocenters. The zero-order valence-corrected chi connectivity index (χ0v) is 13.6. The fourth-order valence-corrected chi connectivity index (χ4v) is 2.56. The first-order chi connectivity index (χ1) is 10.7. The van der Waals surface area contributed by atoms with Crippen molar-refractivity contribution < 1.29 is 4.74 Å². The van der Waals surface area contributed by atoms with E-state index in [2.05, 4.69) is 23.3 Å². The molecular weight excluding hydrogens is 274 g/mol. The van der Waals surface area contributed by atoms with E-state index < -0.39 is 0 Å². The van der Waals surface area contributed by atoms with E-state index in [1.165, 1.54) is 0 Å². The van der Waals surface area contributed by atoms with E-state index in [1.807, 2.05) is 37.4 Å². The maximum atomic E-state index is 5.59. The van der Waals surface area contributed by atoms with Crippen LogP contribution in [0, 0.1) is 0 Å². The number of nitrogens with two attached hydrogens (primary N) is 1. The Morgan fingerprint density at radius 1 is 1.41 bits per heavy atom. The van der Waals surface area contributed by atoms with Gasteiger partial charge in [0.1, 0.15) is 5.75 Å². The summed E-state index contributed by atoms with van der Waals surface area (Å²) in [6.45, 7) is 4.89. The molecule has 0 spiro atoms. The normalized spacial score (nSPS) is 12.7. The Labute approximate surface area is 132 Å². The first kappa shape index (κ1) is 16.3. The van der Waals surface area contributed by atoms with Crippen molar-refractivity contribution in [2.24, 2.45) is 5.73 Å². The summed E-state index contributed by atoms with van der Waals surface area (Å²) < 4.78 is 5.45. The van der Waals surface area contributed by atoms with Crippen molar-refractivity contribution in [2.45, 2.75) is 32.7 Å². The predicted octanol–water partition coefficient (Wildman–Crippen LogP) is 3.82. The number of rotatable bonds is 7. The van der Waals surface area contributed by atoms with E-state index in [1.54, 1.807) is 7.11 Å². The molecular formula is C18H25N3O. The molecule has 3 N–H and O–H groups in total. The van der Waals surface area contributed by atoms with Gasteiger partial charge in [-0.2, -0.15) is 0 Å². The van der Waals surface area contributed by atoms with Gasteiger partial charge in [0.15, 0.2) is 0 Å². The number of aromatic nitrogens is 1. The van der Waals surface area contributed by atoms with Crippen LogP contribution in [0.4, 0.5) is 5.69 Å². The van der Waals surface area contributed by atoms with Gasteiger partial charge in [0.05, 0.1) is 18.3 Å². The van der Waals surface area contributed by atoms with E-state index in [4.69, 9.17) is 10.5 Å². The molecule has 0 saturated carbocycles. The number of nitrogens with zero attached hydrogens (tertiary/aromatic N) is 1. The van der Waals surface area contributed by atoms with Gasteiger partial charge in [0.25, 0.3) is 0 Å². The van der Waals surface area contributed by atoms with Gasteiger partial charge < -0.3 is 15.8 Å². The van der Waals surface area contributed by atoms with Crippen LogP contribution in [-0.4, -0.2) is 24.7 Å². The molecule has 0 aliphatic heterocycles. The summed E-state index contributed by atoms with van der Waals surface area (Å²) in [5.74, 6) is 0.833. The third kappa shape index (κ3) is 3.77. The lowest BCUT2D eigenvalue weighted by Crippen LogP contribution is -2.17. The van der Waals surface area contributed by atoms with Crippen molar-refractivity contribution in [3.05, 3.63) is 36.0 Å². The SMILES string of the molecule is C/C=C/c1ccnc2c(NC(C)CCCN)cc(OC)cc12. The Kier molecular flexibility index (Phi) is 5.78. The van der Waals surface area contributed by atoms with Crippen LogP contribution in [0.5, 0.6) is 5.75 Å². The lowest BCUT2D eigenvalue weighted by atomic mass is 10.1. The number of pyridine rings is 1. The zero-order valence-electron chi connectivity index (χ0n) is 13.6. The highest BCUT2D eigenvalue weighted by Gasteiger charge is 2.10. The van der Waals surface area contributed by atoms with Gasteiger partial charge in [-0.1, -0.05) is 12.2 Å². The van der Waals surface area contributed by atoms with Gasteiger partial charge in [0, 0.05) is 23.7 Å². The number of benzene rings is 1. The highest BCUT2D eigenvalue weighted by molar-refractivity contribution is 5.97. The predicted molar refractivity (Wildman–Crippen MR) is 94.4 cm³/mol. The van der Waals surface area contributed by atoms with Crippen LogP contribution in [0.3, 0.4) is 0 Å². The Hall–Kier alpha value is -2.07. The van der Waals surface area contributed by atoms with Crippen molar-refractivity contribution in [3.63, 3.8) is 0 Å². The molecule has 0 fully saturated rings. The molecule has 118 valence electrons. The number of methoxy groups -OCH3 is 1. The Balaban J connectivity index is 2.46. The van der Waals surface area contributed by atoms with Gasteiger partial charge in [-0.25, -0.2) is 0 Å². The van der Waals surface area contributed by atoms with Crippen molar-refractivity contribution >= 4 is 22.7 Å². The smallest absolute Gasteiger partial charge is 0.121 e. The lowest BCUT2D eigenvalue weighted by molar-refractivity contribution is 0.415. The molecule has 2 aromatic rings. The number of hydrogen-bond acceptors (Lipinski definition) is 4. The highest BCUT2D eigenvalue weighted by Crippen LogP contribution is 2.31. The average molecular weight is 299 g/mol. The quantitative estimate of drug-likeness (QED) is 0.816. The van der Waals surface area contributed by atoms with Crippen molar-refractivity contribution in [1.82, 2.24) is 4.98 Å². The van der Waals surface area contributed by atoms with Crippen LogP contribution >= 0.6 is 0 Å². The Morgan fingerprint density at radius 2 is 2.23 bits per heavy atom. The minimum atomic E-state index is 0.339. The molecule has 0 aliphatic rings. The Morgan fingerprint density at radius 3 is 2.91 bits per heavy atom. The fraction of sp³-hybridized carbons (Fsp3) is 0.389. The summed E-state index contributed by atoms with van der Waals surface area (Å²) in [6, 6.07) is 6.40. The molecule has 4 nitrogen and oxygen atoms in total. The molecule has 2 rings (SSSR count). The minimum Gasteiger partial charge on any atom is -0.497 e. The van der Waals surface area contributed by atoms with Gasteiger partial charge in [-0.3, -0.25) is 4.98 Å². The summed E-state index contributed by atoms with van der Waals surface area (Å²) >= 11 is 0. The molecule has 4 heteroatoms. The number of hydrogen-bond donors (Lipinski definition) is 2.